The zero-order chi connectivity index (χ0) is 13.7. The van der Waals surface area contributed by atoms with Crippen LogP contribution in [0.25, 0.3) is 0 Å². The molecular weight excluding hydrogens is 258 g/mol. The van der Waals surface area contributed by atoms with Gasteiger partial charge in [0.25, 0.3) is 0 Å². The molecule has 2 aromatic rings. The van der Waals surface area contributed by atoms with E-state index in [9.17, 15) is 5.11 Å². The van der Waals surface area contributed by atoms with Crippen LogP contribution >= 0.6 is 11.3 Å². The fourth-order valence-electron chi connectivity index (χ4n) is 1.87. The van der Waals surface area contributed by atoms with Crippen LogP contribution in [0.2, 0.25) is 0 Å². The van der Waals surface area contributed by atoms with Crippen LogP contribution < -0.4 is 10.1 Å². The molecule has 1 aromatic heterocycles. The summed E-state index contributed by atoms with van der Waals surface area (Å²) in [5.41, 5.74) is 0.895. The zero-order valence-electron chi connectivity index (χ0n) is 11.2. The number of thiophene rings is 1. The molecule has 0 fully saturated rings. The first-order chi connectivity index (χ1) is 9.20. The van der Waals surface area contributed by atoms with E-state index in [2.05, 4.69) is 23.7 Å². The van der Waals surface area contributed by atoms with E-state index in [-0.39, 0.29) is 6.04 Å². The highest BCUT2D eigenvalue weighted by atomic mass is 32.1. The Bertz CT molecular complexity index is 481. The molecule has 1 aromatic carbocycles. The van der Waals surface area contributed by atoms with Gasteiger partial charge in [-0.3, -0.25) is 0 Å². The predicted molar refractivity (Wildman–Crippen MR) is 78.7 cm³/mol. The van der Waals surface area contributed by atoms with Gasteiger partial charge >= 0.3 is 0 Å². The van der Waals surface area contributed by atoms with Crippen LogP contribution in [0.1, 0.15) is 29.5 Å². The van der Waals surface area contributed by atoms with Gasteiger partial charge < -0.3 is 15.2 Å². The lowest BCUT2D eigenvalue weighted by Gasteiger charge is -2.16. The van der Waals surface area contributed by atoms with Crippen LogP contribution in [0, 0.1) is 0 Å². The fourth-order valence-corrected chi connectivity index (χ4v) is 2.63. The second-order valence-corrected chi connectivity index (χ2v) is 5.41. The summed E-state index contributed by atoms with van der Waals surface area (Å²) in [5.74, 6) is 0.802. The van der Waals surface area contributed by atoms with Crippen molar-refractivity contribution >= 4 is 11.3 Å². The molecule has 0 aliphatic carbocycles. The maximum Gasteiger partial charge on any atom is 0.118 e. The van der Waals surface area contributed by atoms with E-state index in [0.29, 0.717) is 6.54 Å². The quantitative estimate of drug-likeness (QED) is 0.852. The minimum absolute atomic E-state index is 0.257. The molecule has 1 heterocycles. The van der Waals surface area contributed by atoms with Crippen molar-refractivity contribution in [3.63, 3.8) is 0 Å². The number of ether oxygens (including phenoxy) is 1. The molecule has 2 N–H and O–H groups in total. The number of methoxy groups -OCH3 is 1. The Balaban J connectivity index is 1.88. The van der Waals surface area contributed by atoms with Gasteiger partial charge in [0.2, 0.25) is 0 Å². The van der Waals surface area contributed by atoms with Crippen molar-refractivity contribution in [1.82, 2.24) is 5.32 Å². The van der Waals surface area contributed by atoms with Crippen LogP contribution in [0.4, 0.5) is 0 Å². The molecule has 0 amide bonds. The SMILES string of the molecule is COc1ccc(C(O)CN[C@@H](C)c2cccs2)cc1. The maximum atomic E-state index is 10.1. The highest BCUT2D eigenvalue weighted by Gasteiger charge is 2.11. The standard InChI is InChI=1S/C15H19NO2S/c1-11(15-4-3-9-19-15)16-10-14(17)12-5-7-13(18-2)8-6-12/h3-9,11,14,16-17H,10H2,1-2H3/t11-,14?/m0/s1. The van der Waals surface area contributed by atoms with Crippen molar-refractivity contribution in [3.05, 3.63) is 52.2 Å². The first-order valence-corrected chi connectivity index (χ1v) is 7.17. The second-order valence-electron chi connectivity index (χ2n) is 4.43. The molecule has 0 bridgehead atoms. The average Bonchev–Trinajstić information content (AvgIpc) is 2.98. The van der Waals surface area contributed by atoms with Crippen molar-refractivity contribution in [2.45, 2.75) is 19.1 Å². The average molecular weight is 277 g/mol. The predicted octanol–water partition coefficient (Wildman–Crippen LogP) is 3.14. The monoisotopic (exact) mass is 277 g/mol. The number of nitrogens with one attached hydrogen (secondary N) is 1. The Morgan fingerprint density at radius 3 is 2.58 bits per heavy atom. The Morgan fingerprint density at radius 1 is 1.26 bits per heavy atom. The Labute approximate surface area is 117 Å². The fraction of sp³-hybridized carbons (Fsp3) is 0.333. The Kier molecular flexibility index (Phi) is 4.96. The third-order valence-corrected chi connectivity index (χ3v) is 4.14. The summed E-state index contributed by atoms with van der Waals surface area (Å²) in [6.45, 7) is 2.64. The van der Waals surface area contributed by atoms with Gasteiger partial charge in [0.05, 0.1) is 13.2 Å². The van der Waals surface area contributed by atoms with Crippen LogP contribution in [-0.4, -0.2) is 18.8 Å². The lowest BCUT2D eigenvalue weighted by molar-refractivity contribution is 0.171. The third kappa shape index (κ3) is 3.80. The molecule has 0 saturated carbocycles. The highest BCUT2D eigenvalue weighted by Crippen LogP contribution is 2.20. The van der Waals surface area contributed by atoms with E-state index in [1.165, 1.54) is 4.88 Å². The lowest BCUT2D eigenvalue weighted by atomic mass is 10.1. The van der Waals surface area contributed by atoms with E-state index in [1.54, 1.807) is 18.4 Å². The van der Waals surface area contributed by atoms with Gasteiger partial charge in [0, 0.05) is 17.5 Å². The van der Waals surface area contributed by atoms with E-state index >= 15 is 0 Å². The molecule has 0 spiro atoms. The van der Waals surface area contributed by atoms with E-state index < -0.39 is 6.10 Å². The number of hydrogen-bond acceptors (Lipinski definition) is 4. The molecule has 4 heteroatoms. The smallest absolute Gasteiger partial charge is 0.118 e. The molecule has 2 atom stereocenters. The van der Waals surface area contributed by atoms with Crippen LogP contribution in [-0.2, 0) is 0 Å². The summed E-state index contributed by atoms with van der Waals surface area (Å²) < 4.78 is 5.10. The summed E-state index contributed by atoms with van der Waals surface area (Å²) in [6, 6.07) is 11.9. The number of hydrogen-bond donors (Lipinski definition) is 2. The zero-order valence-corrected chi connectivity index (χ0v) is 12.0. The van der Waals surface area contributed by atoms with Crippen molar-refractivity contribution in [1.29, 1.82) is 0 Å². The van der Waals surface area contributed by atoms with Gasteiger partial charge in [0.1, 0.15) is 5.75 Å². The van der Waals surface area contributed by atoms with E-state index in [1.807, 2.05) is 30.3 Å². The van der Waals surface area contributed by atoms with Gasteiger partial charge in [-0.15, -0.1) is 11.3 Å². The van der Waals surface area contributed by atoms with Gasteiger partial charge in [-0.2, -0.15) is 0 Å². The van der Waals surface area contributed by atoms with Crippen molar-refractivity contribution in [2.24, 2.45) is 0 Å². The molecule has 1 unspecified atom stereocenters. The molecule has 19 heavy (non-hydrogen) atoms. The van der Waals surface area contributed by atoms with Gasteiger partial charge in [-0.05, 0) is 36.1 Å². The molecule has 0 aliphatic rings. The van der Waals surface area contributed by atoms with Gasteiger partial charge in [-0.25, -0.2) is 0 Å². The van der Waals surface area contributed by atoms with Crippen molar-refractivity contribution in [2.75, 3.05) is 13.7 Å². The normalized spacial score (nSPS) is 14.1. The molecule has 102 valence electrons. The first-order valence-electron chi connectivity index (χ1n) is 6.29. The number of aliphatic hydroxyl groups is 1. The van der Waals surface area contributed by atoms with Crippen LogP contribution in [0.3, 0.4) is 0 Å². The molecule has 2 rings (SSSR count). The van der Waals surface area contributed by atoms with Gasteiger partial charge in [-0.1, -0.05) is 18.2 Å². The molecule has 0 saturated heterocycles. The minimum atomic E-state index is -0.506. The summed E-state index contributed by atoms with van der Waals surface area (Å²) in [6.07, 6.45) is -0.506. The Hall–Kier alpha value is -1.36. The van der Waals surface area contributed by atoms with Crippen LogP contribution in [0.5, 0.6) is 5.75 Å². The van der Waals surface area contributed by atoms with Gasteiger partial charge in [0.15, 0.2) is 0 Å². The maximum absolute atomic E-state index is 10.1. The second kappa shape index (κ2) is 6.70. The lowest BCUT2D eigenvalue weighted by Crippen LogP contribution is -2.24. The minimum Gasteiger partial charge on any atom is -0.497 e. The summed E-state index contributed by atoms with van der Waals surface area (Å²) >= 11 is 1.72. The number of benzene rings is 1. The third-order valence-electron chi connectivity index (χ3n) is 3.09. The molecular formula is C15H19NO2S. The van der Waals surface area contributed by atoms with Crippen LogP contribution in [0.15, 0.2) is 41.8 Å². The Morgan fingerprint density at radius 2 is 2.00 bits per heavy atom. The molecule has 0 aliphatic heterocycles. The molecule has 0 radical (unpaired) electrons. The number of aliphatic hydroxyl groups excluding tert-OH is 1. The summed E-state index contributed by atoms with van der Waals surface area (Å²) in [4.78, 5) is 1.28. The van der Waals surface area contributed by atoms with Crippen molar-refractivity contribution in [3.8, 4) is 5.75 Å². The van der Waals surface area contributed by atoms with E-state index in [4.69, 9.17) is 4.74 Å². The first kappa shape index (κ1) is 14.1. The van der Waals surface area contributed by atoms with Crippen molar-refractivity contribution < 1.29 is 9.84 Å². The summed E-state index contributed by atoms with van der Waals surface area (Å²) in [5, 5.41) is 15.5. The van der Waals surface area contributed by atoms with E-state index in [0.717, 1.165) is 11.3 Å². The molecule has 3 nitrogen and oxygen atoms in total. The summed E-state index contributed by atoms with van der Waals surface area (Å²) in [7, 11) is 1.63. The highest BCUT2D eigenvalue weighted by molar-refractivity contribution is 7.10. The largest absolute Gasteiger partial charge is 0.497 e. The number of rotatable bonds is 6. The topological polar surface area (TPSA) is 41.5 Å².